The molecule has 2 aromatic carbocycles. The lowest BCUT2D eigenvalue weighted by molar-refractivity contribution is -0.116. The molecule has 25 heavy (non-hydrogen) atoms. The van der Waals surface area contributed by atoms with E-state index in [2.05, 4.69) is 5.32 Å². The fraction of sp³-hybridized carbons (Fsp3) is 0.350. The van der Waals surface area contributed by atoms with Crippen LogP contribution in [0.4, 0.5) is 5.69 Å². The molecule has 5 nitrogen and oxygen atoms in total. The highest BCUT2D eigenvalue weighted by Gasteiger charge is 2.06. The molecule has 0 spiro atoms. The maximum absolute atomic E-state index is 12.0. The first-order chi connectivity index (χ1) is 12.2. The highest BCUT2D eigenvalue weighted by molar-refractivity contribution is 5.90. The van der Waals surface area contributed by atoms with Crippen molar-refractivity contribution in [1.29, 1.82) is 0 Å². The quantitative estimate of drug-likeness (QED) is 0.654. The largest absolute Gasteiger partial charge is 0.494 e. The predicted octanol–water partition coefficient (Wildman–Crippen LogP) is 4.28. The molecule has 0 radical (unpaired) electrons. The minimum absolute atomic E-state index is 0.0362. The molecule has 0 unspecified atom stereocenters. The maximum Gasteiger partial charge on any atom is 0.224 e. The third kappa shape index (κ3) is 6.37. The van der Waals surface area contributed by atoms with Gasteiger partial charge in [-0.15, -0.1) is 0 Å². The van der Waals surface area contributed by atoms with Crippen LogP contribution in [-0.4, -0.2) is 25.7 Å². The van der Waals surface area contributed by atoms with Gasteiger partial charge in [0.15, 0.2) is 11.5 Å². The highest BCUT2D eigenvalue weighted by Crippen LogP contribution is 2.26. The van der Waals surface area contributed by atoms with Gasteiger partial charge >= 0.3 is 0 Å². The van der Waals surface area contributed by atoms with Gasteiger partial charge in [-0.2, -0.15) is 0 Å². The van der Waals surface area contributed by atoms with Gasteiger partial charge in [0.05, 0.1) is 19.8 Å². The smallest absolute Gasteiger partial charge is 0.224 e. The standard InChI is InChI=1S/C20H25NO4/c1-3-23-17-13-11-16(12-14-17)21-20(22)10-7-15-25-19-9-6-5-8-18(19)24-4-2/h5-6,8-9,11-14H,3-4,7,10,15H2,1-2H3,(H,21,22). The van der Waals surface area contributed by atoms with E-state index < -0.39 is 0 Å². The second-order valence-corrected chi connectivity index (χ2v) is 5.34. The van der Waals surface area contributed by atoms with E-state index in [-0.39, 0.29) is 5.91 Å². The summed E-state index contributed by atoms with van der Waals surface area (Å²) in [4.78, 5) is 12.0. The summed E-state index contributed by atoms with van der Waals surface area (Å²) in [5, 5.41) is 2.87. The van der Waals surface area contributed by atoms with Crippen molar-refractivity contribution in [2.75, 3.05) is 25.1 Å². The molecule has 0 aliphatic rings. The van der Waals surface area contributed by atoms with Crippen molar-refractivity contribution in [3.05, 3.63) is 48.5 Å². The van der Waals surface area contributed by atoms with Crippen molar-refractivity contribution >= 4 is 11.6 Å². The van der Waals surface area contributed by atoms with E-state index in [1.165, 1.54) is 0 Å². The van der Waals surface area contributed by atoms with E-state index in [1.807, 2.05) is 62.4 Å². The van der Waals surface area contributed by atoms with E-state index in [9.17, 15) is 4.79 Å². The Morgan fingerprint density at radius 1 is 0.880 bits per heavy atom. The number of hydrogen-bond acceptors (Lipinski definition) is 4. The molecule has 0 aliphatic heterocycles. The fourth-order valence-electron chi connectivity index (χ4n) is 2.28. The number of hydrogen-bond donors (Lipinski definition) is 1. The van der Waals surface area contributed by atoms with Gasteiger partial charge in [0.2, 0.25) is 5.91 Å². The van der Waals surface area contributed by atoms with E-state index in [0.717, 1.165) is 17.2 Å². The van der Waals surface area contributed by atoms with Crippen LogP contribution in [0.15, 0.2) is 48.5 Å². The van der Waals surface area contributed by atoms with Crippen molar-refractivity contribution in [3.8, 4) is 17.2 Å². The van der Waals surface area contributed by atoms with Crippen molar-refractivity contribution in [2.45, 2.75) is 26.7 Å². The van der Waals surface area contributed by atoms with Gasteiger partial charge < -0.3 is 19.5 Å². The van der Waals surface area contributed by atoms with Crippen molar-refractivity contribution in [1.82, 2.24) is 0 Å². The van der Waals surface area contributed by atoms with Crippen LogP contribution in [0, 0.1) is 0 Å². The third-order valence-corrected chi connectivity index (χ3v) is 3.40. The maximum atomic E-state index is 12.0. The molecule has 2 rings (SSSR count). The number of amides is 1. The van der Waals surface area contributed by atoms with Crippen LogP contribution in [0.1, 0.15) is 26.7 Å². The molecule has 0 aromatic heterocycles. The van der Waals surface area contributed by atoms with Gasteiger partial charge in [0.25, 0.3) is 0 Å². The number of anilines is 1. The summed E-state index contributed by atoms with van der Waals surface area (Å²) in [7, 11) is 0. The van der Waals surface area contributed by atoms with Gasteiger partial charge in [-0.05, 0) is 56.7 Å². The monoisotopic (exact) mass is 343 g/mol. The minimum atomic E-state index is -0.0362. The summed E-state index contributed by atoms with van der Waals surface area (Å²) < 4.78 is 16.6. The molecular weight excluding hydrogens is 318 g/mol. The number of para-hydroxylation sites is 2. The molecule has 0 saturated carbocycles. The average molecular weight is 343 g/mol. The molecule has 0 heterocycles. The van der Waals surface area contributed by atoms with Gasteiger partial charge in [-0.3, -0.25) is 4.79 Å². The summed E-state index contributed by atoms with van der Waals surface area (Å²) in [6, 6.07) is 14.9. The van der Waals surface area contributed by atoms with Crippen LogP contribution in [0.2, 0.25) is 0 Å². The molecule has 5 heteroatoms. The van der Waals surface area contributed by atoms with Crippen LogP contribution >= 0.6 is 0 Å². The van der Waals surface area contributed by atoms with Crippen LogP contribution in [0.25, 0.3) is 0 Å². The Morgan fingerprint density at radius 2 is 1.52 bits per heavy atom. The molecule has 0 aliphatic carbocycles. The Labute approximate surface area is 148 Å². The number of ether oxygens (including phenoxy) is 3. The zero-order chi connectivity index (χ0) is 17.9. The number of nitrogens with one attached hydrogen (secondary N) is 1. The number of benzene rings is 2. The van der Waals surface area contributed by atoms with E-state index >= 15 is 0 Å². The average Bonchev–Trinajstić information content (AvgIpc) is 2.62. The van der Waals surface area contributed by atoms with E-state index in [1.54, 1.807) is 0 Å². The van der Waals surface area contributed by atoms with Gasteiger partial charge in [-0.1, -0.05) is 12.1 Å². The first-order valence-electron chi connectivity index (χ1n) is 8.60. The molecule has 1 N–H and O–H groups in total. The van der Waals surface area contributed by atoms with E-state index in [0.29, 0.717) is 38.4 Å². The van der Waals surface area contributed by atoms with Crippen molar-refractivity contribution < 1.29 is 19.0 Å². The number of carbonyl (C=O) groups is 1. The molecular formula is C20H25NO4. The summed E-state index contributed by atoms with van der Waals surface area (Å²) in [5.41, 5.74) is 0.760. The van der Waals surface area contributed by atoms with Crippen LogP contribution in [0.5, 0.6) is 17.2 Å². The van der Waals surface area contributed by atoms with Crippen LogP contribution in [0.3, 0.4) is 0 Å². The minimum Gasteiger partial charge on any atom is -0.494 e. The third-order valence-electron chi connectivity index (χ3n) is 3.40. The Hall–Kier alpha value is -2.69. The summed E-state index contributed by atoms with van der Waals surface area (Å²) >= 11 is 0. The lowest BCUT2D eigenvalue weighted by Gasteiger charge is -2.11. The Balaban J connectivity index is 1.72. The topological polar surface area (TPSA) is 56.8 Å². The Morgan fingerprint density at radius 3 is 2.16 bits per heavy atom. The second-order valence-electron chi connectivity index (χ2n) is 5.34. The molecule has 134 valence electrons. The molecule has 0 atom stereocenters. The Kier molecular flexibility index (Phi) is 7.63. The summed E-state index contributed by atoms with van der Waals surface area (Å²) in [6.07, 6.45) is 1.02. The zero-order valence-corrected chi connectivity index (χ0v) is 14.8. The van der Waals surface area contributed by atoms with Gasteiger partial charge in [-0.25, -0.2) is 0 Å². The molecule has 2 aromatic rings. The fourth-order valence-corrected chi connectivity index (χ4v) is 2.28. The summed E-state index contributed by atoms with van der Waals surface area (Å²) in [5.74, 6) is 2.19. The van der Waals surface area contributed by atoms with E-state index in [4.69, 9.17) is 14.2 Å². The summed E-state index contributed by atoms with van der Waals surface area (Å²) in [6.45, 7) is 5.54. The first kappa shape index (κ1) is 18.6. The first-order valence-corrected chi connectivity index (χ1v) is 8.60. The van der Waals surface area contributed by atoms with Crippen molar-refractivity contribution in [2.24, 2.45) is 0 Å². The van der Waals surface area contributed by atoms with Crippen molar-refractivity contribution in [3.63, 3.8) is 0 Å². The Bertz CT molecular complexity index is 655. The normalized spacial score (nSPS) is 10.2. The van der Waals surface area contributed by atoms with Crippen LogP contribution < -0.4 is 19.5 Å². The van der Waals surface area contributed by atoms with Crippen LogP contribution in [-0.2, 0) is 4.79 Å². The molecule has 0 bridgehead atoms. The number of carbonyl (C=O) groups excluding carboxylic acids is 1. The zero-order valence-electron chi connectivity index (χ0n) is 14.8. The predicted molar refractivity (Wildman–Crippen MR) is 98.6 cm³/mol. The molecule has 0 saturated heterocycles. The highest BCUT2D eigenvalue weighted by atomic mass is 16.5. The number of rotatable bonds is 10. The molecule has 0 fully saturated rings. The second kappa shape index (κ2) is 10.2. The molecule has 1 amide bonds. The SMILES string of the molecule is CCOc1ccc(NC(=O)CCCOc2ccccc2OCC)cc1. The van der Waals surface area contributed by atoms with Gasteiger partial charge in [0, 0.05) is 12.1 Å². The lowest BCUT2D eigenvalue weighted by atomic mass is 10.2. The lowest BCUT2D eigenvalue weighted by Crippen LogP contribution is -2.12. The van der Waals surface area contributed by atoms with Gasteiger partial charge in [0.1, 0.15) is 5.75 Å².